The Morgan fingerprint density at radius 3 is 0.711 bits per heavy atom. The maximum atomic E-state index is 2.49. The maximum absolute atomic E-state index is 2.49. The molecule has 0 spiro atoms. The lowest BCUT2D eigenvalue weighted by molar-refractivity contribution is 1.18. The Morgan fingerprint density at radius 2 is 0.500 bits per heavy atom. The molecule has 0 amide bonds. The van der Waals surface area contributed by atoms with Crippen LogP contribution in [0.3, 0.4) is 0 Å². The van der Waals surface area contributed by atoms with E-state index in [0.29, 0.717) is 0 Å². The molecule has 0 fully saturated rings. The molecule has 0 heterocycles. The van der Waals surface area contributed by atoms with Gasteiger partial charge in [-0.15, -0.1) is 47.0 Å². The van der Waals surface area contributed by atoms with Crippen LogP contribution >= 0.6 is 47.0 Å². The lowest BCUT2D eigenvalue weighted by Gasteiger charge is -2.17. The first kappa shape index (κ1) is 27.1. The van der Waals surface area contributed by atoms with Crippen LogP contribution in [0.25, 0.3) is 0 Å². The van der Waals surface area contributed by atoms with E-state index < -0.39 is 0 Å². The molecule has 0 N–H and O–H groups in total. The van der Waals surface area contributed by atoms with Crippen molar-refractivity contribution in [3.8, 4) is 0 Å². The fourth-order valence-electron chi connectivity index (χ4n) is 4.04. The van der Waals surface area contributed by atoms with E-state index in [2.05, 4.69) is 133 Å². The van der Waals surface area contributed by atoms with E-state index >= 15 is 0 Å². The Labute approximate surface area is 244 Å². The number of benzene rings is 5. The summed E-state index contributed by atoms with van der Waals surface area (Å²) >= 11 is 7.71. The fraction of sp³-hybridized carbons (Fsp3) is 0.118. The molecule has 0 aromatic heterocycles. The zero-order valence-corrected chi connectivity index (χ0v) is 24.4. The molecule has 0 aliphatic carbocycles. The highest BCUT2D eigenvalue weighted by Gasteiger charge is 2.13. The maximum Gasteiger partial charge on any atom is 0.0235 e. The van der Waals surface area contributed by atoms with Crippen LogP contribution < -0.4 is 0 Å². The van der Waals surface area contributed by atoms with Crippen LogP contribution in [0.5, 0.6) is 0 Å². The van der Waals surface area contributed by atoms with Gasteiger partial charge in [-0.1, -0.05) is 84.9 Å². The van der Waals surface area contributed by atoms with Gasteiger partial charge in [-0.25, -0.2) is 0 Å². The van der Waals surface area contributed by atoms with Crippen molar-refractivity contribution in [2.75, 3.05) is 0 Å². The predicted molar refractivity (Wildman–Crippen MR) is 170 cm³/mol. The summed E-state index contributed by atoms with van der Waals surface area (Å²) < 4.78 is 0. The van der Waals surface area contributed by atoms with Crippen LogP contribution in [0.1, 0.15) is 22.3 Å². The Morgan fingerprint density at radius 1 is 0.289 bits per heavy atom. The second kappa shape index (κ2) is 14.6. The number of rotatable bonds is 12. The summed E-state index contributed by atoms with van der Waals surface area (Å²) in [5.74, 6) is 3.90. The predicted octanol–water partition coefficient (Wildman–Crippen LogP) is 10.9. The average molecular weight is 567 g/mol. The standard InChI is InChI=1S/C34H30S4/c1-5-13-31(14-6-1)35-23-27-21-29(25-37-33-17-9-3-10-18-33)30(26-38-34-19-11-4-12-20-34)22-28(27)24-36-32-15-7-2-8-16-32/h1-22H,23-26H2. The van der Waals surface area contributed by atoms with Crippen molar-refractivity contribution in [3.63, 3.8) is 0 Å². The Kier molecular flexibility index (Phi) is 10.4. The molecule has 0 saturated carbocycles. The normalized spacial score (nSPS) is 10.9. The van der Waals surface area contributed by atoms with Gasteiger partial charge < -0.3 is 0 Å². The van der Waals surface area contributed by atoms with E-state index in [1.165, 1.54) is 41.8 Å². The SMILES string of the molecule is c1ccc(SCc2cc(CSc3ccccc3)c(CSc3ccccc3)cc2CSc2ccccc2)cc1. The van der Waals surface area contributed by atoms with Crippen molar-refractivity contribution in [3.05, 3.63) is 156 Å². The smallest absolute Gasteiger partial charge is 0.0235 e. The molecule has 5 aromatic carbocycles. The van der Waals surface area contributed by atoms with E-state index in [-0.39, 0.29) is 0 Å². The van der Waals surface area contributed by atoms with Crippen molar-refractivity contribution in [1.82, 2.24) is 0 Å². The van der Waals surface area contributed by atoms with Crippen LogP contribution in [0.2, 0.25) is 0 Å². The van der Waals surface area contributed by atoms with Gasteiger partial charge in [-0.2, -0.15) is 0 Å². The minimum Gasteiger partial charge on any atom is -0.121 e. The Bertz CT molecular complexity index is 1170. The van der Waals surface area contributed by atoms with Crippen molar-refractivity contribution in [1.29, 1.82) is 0 Å². The van der Waals surface area contributed by atoms with Gasteiger partial charge in [-0.05, 0) is 70.8 Å². The van der Waals surface area contributed by atoms with E-state index in [0.717, 1.165) is 23.0 Å². The van der Waals surface area contributed by atoms with Crippen molar-refractivity contribution < 1.29 is 0 Å². The van der Waals surface area contributed by atoms with E-state index in [1.54, 1.807) is 0 Å². The number of thioether (sulfide) groups is 4. The largest absolute Gasteiger partial charge is 0.121 e. The van der Waals surface area contributed by atoms with Crippen LogP contribution in [-0.2, 0) is 23.0 Å². The summed E-state index contributed by atoms with van der Waals surface area (Å²) in [5, 5.41) is 0. The minimum absolute atomic E-state index is 0.976. The summed E-state index contributed by atoms with van der Waals surface area (Å²) in [6.45, 7) is 0. The van der Waals surface area contributed by atoms with Gasteiger partial charge in [0.05, 0.1) is 0 Å². The monoisotopic (exact) mass is 566 g/mol. The highest BCUT2D eigenvalue weighted by molar-refractivity contribution is 7.99. The molecule has 0 radical (unpaired) electrons. The van der Waals surface area contributed by atoms with Crippen LogP contribution in [-0.4, -0.2) is 0 Å². The second-order valence-electron chi connectivity index (χ2n) is 8.80. The van der Waals surface area contributed by atoms with Crippen LogP contribution in [0, 0.1) is 0 Å². The lowest BCUT2D eigenvalue weighted by atomic mass is 10.0. The number of hydrogen-bond acceptors (Lipinski definition) is 4. The molecule has 5 rings (SSSR count). The zero-order valence-electron chi connectivity index (χ0n) is 21.2. The van der Waals surface area contributed by atoms with Gasteiger partial charge >= 0.3 is 0 Å². The molecule has 4 heteroatoms. The summed E-state index contributed by atoms with van der Waals surface area (Å²) in [6, 6.07) is 48.0. The highest BCUT2D eigenvalue weighted by Crippen LogP contribution is 2.35. The van der Waals surface area contributed by atoms with Gasteiger partial charge in [-0.3, -0.25) is 0 Å². The van der Waals surface area contributed by atoms with Crippen LogP contribution in [0.15, 0.2) is 153 Å². The third-order valence-corrected chi connectivity index (χ3v) is 10.3. The first-order chi connectivity index (χ1) is 18.8. The van der Waals surface area contributed by atoms with Crippen molar-refractivity contribution in [2.24, 2.45) is 0 Å². The summed E-state index contributed by atoms with van der Waals surface area (Å²) in [6.07, 6.45) is 0. The van der Waals surface area contributed by atoms with Gasteiger partial charge in [0.1, 0.15) is 0 Å². The average Bonchev–Trinajstić information content (AvgIpc) is 2.99. The summed E-state index contributed by atoms with van der Waals surface area (Å²) in [5.41, 5.74) is 5.78. The topological polar surface area (TPSA) is 0 Å². The van der Waals surface area contributed by atoms with Gasteiger partial charge in [0.2, 0.25) is 0 Å². The van der Waals surface area contributed by atoms with Crippen molar-refractivity contribution >= 4 is 47.0 Å². The zero-order chi connectivity index (χ0) is 25.8. The molecule has 0 aliphatic heterocycles. The molecular weight excluding hydrogens is 537 g/mol. The summed E-state index contributed by atoms with van der Waals surface area (Å²) in [4.78, 5) is 5.27. The van der Waals surface area contributed by atoms with Crippen LogP contribution in [0.4, 0.5) is 0 Å². The quantitative estimate of drug-likeness (QED) is 0.138. The third kappa shape index (κ3) is 8.25. The first-order valence-corrected chi connectivity index (χ1v) is 16.6. The third-order valence-electron chi connectivity index (χ3n) is 6.07. The molecule has 0 nitrogen and oxygen atoms in total. The minimum atomic E-state index is 0.976. The summed E-state index contributed by atoms with van der Waals surface area (Å²) in [7, 11) is 0. The molecule has 0 saturated heterocycles. The van der Waals surface area contributed by atoms with E-state index in [4.69, 9.17) is 0 Å². The van der Waals surface area contributed by atoms with E-state index in [1.807, 2.05) is 47.0 Å². The fourth-order valence-corrected chi connectivity index (χ4v) is 7.80. The molecular formula is C34H30S4. The molecule has 0 bridgehead atoms. The molecule has 0 aliphatic rings. The Balaban J connectivity index is 1.44. The molecule has 5 aromatic rings. The first-order valence-electron chi connectivity index (χ1n) is 12.7. The molecule has 38 heavy (non-hydrogen) atoms. The highest BCUT2D eigenvalue weighted by atomic mass is 32.2. The van der Waals surface area contributed by atoms with E-state index in [9.17, 15) is 0 Å². The van der Waals surface area contributed by atoms with Gasteiger partial charge in [0.15, 0.2) is 0 Å². The Hall–Kier alpha value is -2.50. The van der Waals surface area contributed by atoms with Gasteiger partial charge in [0, 0.05) is 42.6 Å². The molecule has 0 atom stereocenters. The molecule has 0 unspecified atom stereocenters. The van der Waals surface area contributed by atoms with Gasteiger partial charge in [0.25, 0.3) is 0 Å². The molecule has 190 valence electrons. The second-order valence-corrected chi connectivity index (χ2v) is 13.0. The lowest BCUT2D eigenvalue weighted by Crippen LogP contribution is -2.00. The number of hydrogen-bond donors (Lipinski definition) is 0. The van der Waals surface area contributed by atoms with Crippen molar-refractivity contribution in [2.45, 2.75) is 42.6 Å².